The number of sulfonamides is 1. The summed E-state index contributed by atoms with van der Waals surface area (Å²) in [4.78, 5) is 0. The van der Waals surface area contributed by atoms with Crippen molar-refractivity contribution in [3.63, 3.8) is 0 Å². The van der Waals surface area contributed by atoms with Gasteiger partial charge in [-0.25, -0.2) is 13.6 Å². The van der Waals surface area contributed by atoms with Crippen molar-refractivity contribution in [3.8, 4) is 0 Å². The average Bonchev–Trinajstić information content (AvgIpc) is 1.84. The van der Waals surface area contributed by atoms with Crippen LogP contribution in [0.3, 0.4) is 0 Å². The van der Waals surface area contributed by atoms with Gasteiger partial charge in [0.05, 0.1) is 5.25 Å². The molecular formula is C6H14N2O2S. The standard InChI is InChI=1S/C6H14N2O2S/c1-4-6(3,7)5(2)11(8,9)10/h4-5H,1,7H2,2-3H3,(H2,8,9,10)/t5-,6?/m0/s1. The molecule has 0 aliphatic carbocycles. The number of hydrogen-bond donors (Lipinski definition) is 2. The second-order valence-corrected chi connectivity index (χ2v) is 4.69. The van der Waals surface area contributed by atoms with Gasteiger partial charge in [0.15, 0.2) is 0 Å². The molecule has 0 aliphatic heterocycles. The summed E-state index contributed by atoms with van der Waals surface area (Å²) in [6, 6.07) is 0. The molecule has 5 heteroatoms. The molecule has 11 heavy (non-hydrogen) atoms. The molecule has 0 amide bonds. The first-order valence-corrected chi connectivity index (χ1v) is 4.77. The molecule has 0 bridgehead atoms. The molecule has 0 heterocycles. The van der Waals surface area contributed by atoms with Gasteiger partial charge in [0.2, 0.25) is 10.0 Å². The fraction of sp³-hybridized carbons (Fsp3) is 0.667. The van der Waals surface area contributed by atoms with Crippen LogP contribution in [0.25, 0.3) is 0 Å². The van der Waals surface area contributed by atoms with Crippen LogP contribution in [-0.4, -0.2) is 19.2 Å². The summed E-state index contributed by atoms with van der Waals surface area (Å²) >= 11 is 0. The first-order valence-electron chi connectivity index (χ1n) is 3.16. The zero-order chi connectivity index (χ0) is 9.28. The van der Waals surface area contributed by atoms with Gasteiger partial charge in [-0.1, -0.05) is 6.08 Å². The largest absolute Gasteiger partial charge is 0.321 e. The number of primary sulfonamides is 1. The van der Waals surface area contributed by atoms with Crippen molar-refractivity contribution >= 4 is 10.0 Å². The highest BCUT2D eigenvalue weighted by molar-refractivity contribution is 7.89. The van der Waals surface area contributed by atoms with Crippen LogP contribution >= 0.6 is 0 Å². The van der Waals surface area contributed by atoms with Crippen molar-refractivity contribution in [3.05, 3.63) is 12.7 Å². The Kier molecular flexibility index (Phi) is 2.82. The summed E-state index contributed by atoms with van der Waals surface area (Å²) in [5, 5.41) is 4.07. The SMILES string of the molecule is C=CC(C)(N)[C@H](C)S(N)(=O)=O. The molecule has 0 rings (SSSR count). The van der Waals surface area contributed by atoms with Crippen molar-refractivity contribution in [1.82, 2.24) is 0 Å². The van der Waals surface area contributed by atoms with Crippen molar-refractivity contribution in [2.45, 2.75) is 24.6 Å². The Labute approximate surface area is 67.3 Å². The van der Waals surface area contributed by atoms with Gasteiger partial charge in [-0.2, -0.15) is 0 Å². The molecule has 66 valence electrons. The first kappa shape index (κ1) is 10.6. The zero-order valence-corrected chi connectivity index (χ0v) is 7.56. The predicted octanol–water partition coefficient (Wildman–Crippen LogP) is -0.433. The molecule has 2 atom stereocenters. The second kappa shape index (κ2) is 2.92. The van der Waals surface area contributed by atoms with E-state index in [1.165, 1.54) is 13.0 Å². The molecule has 4 nitrogen and oxygen atoms in total. The molecule has 0 aromatic carbocycles. The van der Waals surface area contributed by atoms with Crippen LogP contribution in [0.4, 0.5) is 0 Å². The maximum absolute atomic E-state index is 10.8. The summed E-state index contributed by atoms with van der Waals surface area (Å²) in [5.41, 5.74) is 4.60. The Bertz CT molecular complexity index is 243. The van der Waals surface area contributed by atoms with Crippen LogP contribution in [0.2, 0.25) is 0 Å². The van der Waals surface area contributed by atoms with Crippen LogP contribution in [0, 0.1) is 0 Å². The molecule has 4 N–H and O–H groups in total. The molecule has 1 unspecified atom stereocenters. The predicted molar refractivity (Wildman–Crippen MR) is 45.4 cm³/mol. The van der Waals surface area contributed by atoms with Gasteiger partial charge < -0.3 is 5.73 Å². The van der Waals surface area contributed by atoms with E-state index in [4.69, 9.17) is 10.9 Å². The third kappa shape index (κ3) is 2.61. The number of hydrogen-bond acceptors (Lipinski definition) is 3. The molecular weight excluding hydrogens is 164 g/mol. The zero-order valence-electron chi connectivity index (χ0n) is 6.74. The van der Waals surface area contributed by atoms with Crippen LogP contribution in [0.5, 0.6) is 0 Å². The number of rotatable bonds is 3. The summed E-state index contributed by atoms with van der Waals surface area (Å²) < 4.78 is 21.6. The molecule has 0 aliphatic rings. The molecule has 0 spiro atoms. The minimum Gasteiger partial charge on any atom is -0.321 e. The monoisotopic (exact) mass is 178 g/mol. The summed E-state index contributed by atoms with van der Waals surface area (Å²) in [6.07, 6.45) is 1.38. The van der Waals surface area contributed by atoms with E-state index in [2.05, 4.69) is 6.58 Å². The van der Waals surface area contributed by atoms with Crippen LogP contribution in [0.1, 0.15) is 13.8 Å². The normalized spacial score (nSPS) is 20.4. The molecule has 0 fully saturated rings. The minimum atomic E-state index is -3.57. The van der Waals surface area contributed by atoms with E-state index in [1.807, 2.05) is 0 Å². The molecule has 0 aromatic heterocycles. The van der Waals surface area contributed by atoms with E-state index >= 15 is 0 Å². The van der Waals surface area contributed by atoms with Crippen LogP contribution < -0.4 is 10.9 Å². The Hall–Kier alpha value is -0.390. The fourth-order valence-electron chi connectivity index (χ4n) is 0.520. The van der Waals surface area contributed by atoms with Gasteiger partial charge in [0, 0.05) is 5.54 Å². The van der Waals surface area contributed by atoms with E-state index < -0.39 is 20.8 Å². The van der Waals surface area contributed by atoms with E-state index in [0.717, 1.165) is 0 Å². The Balaban J connectivity index is 4.77. The third-order valence-corrected chi connectivity index (χ3v) is 3.30. The smallest absolute Gasteiger partial charge is 0.213 e. The summed E-state index contributed by atoms with van der Waals surface area (Å²) in [5.74, 6) is 0. The topological polar surface area (TPSA) is 86.2 Å². The summed E-state index contributed by atoms with van der Waals surface area (Å²) in [6.45, 7) is 6.44. The molecule has 0 saturated carbocycles. The van der Waals surface area contributed by atoms with Gasteiger partial charge in [-0.15, -0.1) is 6.58 Å². The Morgan fingerprint density at radius 2 is 2.00 bits per heavy atom. The van der Waals surface area contributed by atoms with Crippen molar-refractivity contribution in [2.24, 2.45) is 10.9 Å². The van der Waals surface area contributed by atoms with Crippen LogP contribution in [0.15, 0.2) is 12.7 Å². The van der Waals surface area contributed by atoms with Gasteiger partial charge in [0.1, 0.15) is 0 Å². The lowest BCUT2D eigenvalue weighted by Crippen LogP contribution is -2.50. The lowest BCUT2D eigenvalue weighted by atomic mass is 10.0. The van der Waals surface area contributed by atoms with Gasteiger partial charge >= 0.3 is 0 Å². The van der Waals surface area contributed by atoms with E-state index in [-0.39, 0.29) is 0 Å². The quantitative estimate of drug-likeness (QED) is 0.575. The highest BCUT2D eigenvalue weighted by Gasteiger charge is 2.31. The lowest BCUT2D eigenvalue weighted by molar-refractivity contribution is 0.522. The highest BCUT2D eigenvalue weighted by atomic mass is 32.2. The Morgan fingerprint density at radius 1 is 1.64 bits per heavy atom. The molecule has 0 saturated heterocycles. The molecule has 0 radical (unpaired) electrons. The maximum atomic E-state index is 10.8. The number of nitrogens with two attached hydrogens (primary N) is 2. The van der Waals surface area contributed by atoms with E-state index in [0.29, 0.717) is 0 Å². The van der Waals surface area contributed by atoms with Gasteiger partial charge in [-0.3, -0.25) is 0 Å². The average molecular weight is 178 g/mol. The van der Waals surface area contributed by atoms with Gasteiger partial charge in [0.25, 0.3) is 0 Å². The van der Waals surface area contributed by atoms with E-state index in [1.54, 1.807) is 6.92 Å². The van der Waals surface area contributed by atoms with Crippen LogP contribution in [-0.2, 0) is 10.0 Å². The summed E-state index contributed by atoms with van der Waals surface area (Å²) in [7, 11) is -3.57. The second-order valence-electron chi connectivity index (χ2n) is 2.80. The van der Waals surface area contributed by atoms with Gasteiger partial charge in [-0.05, 0) is 13.8 Å². The fourth-order valence-corrected chi connectivity index (χ4v) is 1.32. The third-order valence-electron chi connectivity index (χ3n) is 1.81. The highest BCUT2D eigenvalue weighted by Crippen LogP contribution is 2.12. The van der Waals surface area contributed by atoms with Crippen molar-refractivity contribution < 1.29 is 8.42 Å². The minimum absolute atomic E-state index is 0.813. The molecule has 0 aromatic rings. The van der Waals surface area contributed by atoms with E-state index in [9.17, 15) is 8.42 Å². The van der Waals surface area contributed by atoms with Crippen molar-refractivity contribution in [1.29, 1.82) is 0 Å². The maximum Gasteiger partial charge on any atom is 0.213 e. The Morgan fingerprint density at radius 3 is 2.09 bits per heavy atom. The lowest BCUT2D eigenvalue weighted by Gasteiger charge is -2.25. The van der Waals surface area contributed by atoms with Crippen molar-refractivity contribution in [2.75, 3.05) is 0 Å². The first-order chi connectivity index (χ1) is 4.72.